The molecule has 0 unspecified atom stereocenters. The molecule has 36 heavy (non-hydrogen) atoms. The maximum atomic E-state index is 13.4. The number of ether oxygens (including phenoxy) is 2. The summed E-state index contributed by atoms with van der Waals surface area (Å²) >= 11 is 0. The second-order valence-electron chi connectivity index (χ2n) is 10.7. The minimum absolute atomic E-state index is 0.0968. The second kappa shape index (κ2) is 11.2. The van der Waals surface area contributed by atoms with Crippen LogP contribution in [-0.4, -0.2) is 90.3 Å². The monoisotopic (exact) mass is 493 g/mol. The van der Waals surface area contributed by atoms with Crippen molar-refractivity contribution in [3.63, 3.8) is 0 Å². The molecule has 1 amide bonds. The average molecular weight is 494 g/mol. The van der Waals surface area contributed by atoms with Crippen LogP contribution in [0, 0.1) is 0 Å². The number of piperidine rings is 1. The van der Waals surface area contributed by atoms with Crippen molar-refractivity contribution in [1.82, 2.24) is 14.7 Å². The summed E-state index contributed by atoms with van der Waals surface area (Å²) in [6.45, 7) is 7.09. The molecule has 3 heterocycles. The first-order chi connectivity index (χ1) is 17.4. The van der Waals surface area contributed by atoms with Gasteiger partial charge in [-0.2, -0.15) is 0 Å². The van der Waals surface area contributed by atoms with Gasteiger partial charge in [0.25, 0.3) is 5.91 Å². The molecule has 5 rings (SSSR count). The molecule has 1 N–H and O–H groups in total. The average Bonchev–Trinajstić information content (AvgIpc) is 3.12. The normalized spacial score (nSPS) is 22.7. The highest BCUT2D eigenvalue weighted by Gasteiger charge is 2.30. The summed E-state index contributed by atoms with van der Waals surface area (Å²) in [7, 11) is 2.13. The van der Waals surface area contributed by atoms with Gasteiger partial charge in [0, 0.05) is 38.8 Å². The Morgan fingerprint density at radius 3 is 2.67 bits per heavy atom. The lowest BCUT2D eigenvalue weighted by Crippen LogP contribution is -2.44. The third-order valence-corrected chi connectivity index (χ3v) is 7.58. The minimum Gasteiger partial charge on any atom is -0.490 e. The van der Waals surface area contributed by atoms with E-state index in [0.717, 1.165) is 57.6 Å². The molecule has 2 aromatic rings. The van der Waals surface area contributed by atoms with Crippen LogP contribution in [0.25, 0.3) is 0 Å². The number of hydrogen-bond donors (Lipinski definition) is 1. The molecule has 0 aliphatic carbocycles. The first-order valence-corrected chi connectivity index (χ1v) is 13.4. The Bertz CT molecular complexity index is 1050. The lowest BCUT2D eigenvalue weighted by Gasteiger charge is -2.29. The molecule has 2 aromatic carbocycles. The highest BCUT2D eigenvalue weighted by molar-refractivity contribution is 5.97. The lowest BCUT2D eigenvalue weighted by molar-refractivity contribution is 0.0462. The van der Waals surface area contributed by atoms with Gasteiger partial charge < -0.3 is 24.4 Å². The Morgan fingerprint density at radius 1 is 1.08 bits per heavy atom. The van der Waals surface area contributed by atoms with Crippen molar-refractivity contribution in [1.29, 1.82) is 0 Å². The summed E-state index contributed by atoms with van der Waals surface area (Å²) < 4.78 is 12.4. The molecule has 7 nitrogen and oxygen atoms in total. The number of rotatable bonds is 6. The third-order valence-electron chi connectivity index (χ3n) is 7.58. The van der Waals surface area contributed by atoms with Gasteiger partial charge in [0.05, 0.1) is 18.2 Å². The predicted molar refractivity (Wildman–Crippen MR) is 140 cm³/mol. The third kappa shape index (κ3) is 6.02. The van der Waals surface area contributed by atoms with E-state index in [4.69, 9.17) is 9.47 Å². The number of likely N-dealkylation sites (tertiary alicyclic amines) is 1. The lowest BCUT2D eigenvalue weighted by atomic mass is 10.0. The molecule has 3 aliphatic heterocycles. The van der Waals surface area contributed by atoms with Crippen LogP contribution < -0.4 is 9.47 Å². The van der Waals surface area contributed by atoms with E-state index in [-0.39, 0.29) is 24.7 Å². The largest absolute Gasteiger partial charge is 0.490 e. The standard InChI is InChI=1S/C29H39N3O4/c1-21-17-32(20-24(33)19-31-13-5-8-22-6-3-4-7-23(22)18-31)29(34)27-10-9-26(16-28(27)35-21)36-25-11-14-30(2)15-12-25/h3-4,6-7,9-10,16,21,24-25,33H,5,8,11-15,17-20H2,1-2H3/t21-,24+/m0/s1. The molecule has 3 aliphatic rings. The number of aliphatic hydroxyl groups is 1. The molecule has 0 saturated carbocycles. The van der Waals surface area contributed by atoms with Gasteiger partial charge in [0.2, 0.25) is 0 Å². The number of carbonyl (C=O) groups excluding carboxylic acids is 1. The fourth-order valence-electron chi connectivity index (χ4n) is 5.66. The van der Waals surface area contributed by atoms with Crippen LogP contribution in [0.5, 0.6) is 11.5 Å². The van der Waals surface area contributed by atoms with Gasteiger partial charge in [0.15, 0.2) is 0 Å². The Morgan fingerprint density at radius 2 is 1.86 bits per heavy atom. The van der Waals surface area contributed by atoms with Gasteiger partial charge in [0.1, 0.15) is 23.7 Å². The summed E-state index contributed by atoms with van der Waals surface area (Å²) in [5.74, 6) is 1.22. The van der Waals surface area contributed by atoms with Crippen molar-refractivity contribution < 1.29 is 19.4 Å². The molecule has 0 radical (unpaired) electrons. The maximum Gasteiger partial charge on any atom is 0.257 e. The van der Waals surface area contributed by atoms with Gasteiger partial charge in [-0.05, 0) is 69.5 Å². The van der Waals surface area contributed by atoms with Crippen molar-refractivity contribution in [2.24, 2.45) is 0 Å². The van der Waals surface area contributed by atoms with Gasteiger partial charge in [-0.25, -0.2) is 0 Å². The molecule has 7 heteroatoms. The number of amides is 1. The summed E-state index contributed by atoms with van der Waals surface area (Å²) in [6, 6.07) is 14.1. The Labute approximate surface area is 214 Å². The van der Waals surface area contributed by atoms with E-state index < -0.39 is 6.10 Å². The molecule has 1 fully saturated rings. The smallest absolute Gasteiger partial charge is 0.257 e. The van der Waals surface area contributed by atoms with Crippen LogP contribution in [0.3, 0.4) is 0 Å². The highest BCUT2D eigenvalue weighted by atomic mass is 16.5. The zero-order valence-corrected chi connectivity index (χ0v) is 21.6. The molecule has 0 aromatic heterocycles. The predicted octanol–water partition coefficient (Wildman–Crippen LogP) is 3.19. The highest BCUT2D eigenvalue weighted by Crippen LogP contribution is 2.31. The van der Waals surface area contributed by atoms with Crippen molar-refractivity contribution in [3.05, 3.63) is 59.2 Å². The Kier molecular flexibility index (Phi) is 7.79. The summed E-state index contributed by atoms with van der Waals surface area (Å²) in [5, 5.41) is 11.0. The zero-order valence-electron chi connectivity index (χ0n) is 21.6. The minimum atomic E-state index is -0.625. The summed E-state index contributed by atoms with van der Waals surface area (Å²) in [6.07, 6.45) is 3.53. The maximum absolute atomic E-state index is 13.4. The molecular weight excluding hydrogens is 454 g/mol. The van der Waals surface area contributed by atoms with E-state index in [0.29, 0.717) is 24.4 Å². The van der Waals surface area contributed by atoms with Crippen molar-refractivity contribution in [2.75, 3.05) is 46.3 Å². The first-order valence-electron chi connectivity index (χ1n) is 13.4. The number of aryl methyl sites for hydroxylation is 1. The molecule has 1 saturated heterocycles. The first kappa shape index (κ1) is 25.1. The van der Waals surface area contributed by atoms with Crippen LogP contribution in [-0.2, 0) is 13.0 Å². The van der Waals surface area contributed by atoms with E-state index in [1.807, 2.05) is 25.1 Å². The van der Waals surface area contributed by atoms with E-state index >= 15 is 0 Å². The van der Waals surface area contributed by atoms with E-state index in [9.17, 15) is 9.90 Å². The molecule has 0 bridgehead atoms. The Balaban J connectivity index is 1.22. The number of fused-ring (bicyclic) bond motifs is 2. The number of β-amino-alcohol motifs (C(OH)–C–C–N with tert-alkyl or cyclic N) is 1. The molecule has 194 valence electrons. The van der Waals surface area contributed by atoms with Crippen LogP contribution in [0.15, 0.2) is 42.5 Å². The molecular formula is C29H39N3O4. The Hall–Kier alpha value is -2.61. The number of carbonyl (C=O) groups is 1. The van der Waals surface area contributed by atoms with Crippen LogP contribution in [0.2, 0.25) is 0 Å². The van der Waals surface area contributed by atoms with Gasteiger partial charge in [-0.15, -0.1) is 0 Å². The molecule has 2 atom stereocenters. The second-order valence-corrected chi connectivity index (χ2v) is 10.7. The fourth-order valence-corrected chi connectivity index (χ4v) is 5.66. The number of benzene rings is 2. The van der Waals surface area contributed by atoms with E-state index in [1.165, 1.54) is 11.1 Å². The van der Waals surface area contributed by atoms with Gasteiger partial charge in [-0.3, -0.25) is 9.69 Å². The van der Waals surface area contributed by atoms with Crippen molar-refractivity contribution in [3.8, 4) is 11.5 Å². The fraction of sp³-hybridized carbons (Fsp3) is 0.552. The topological polar surface area (TPSA) is 65.5 Å². The summed E-state index contributed by atoms with van der Waals surface area (Å²) in [5.41, 5.74) is 3.27. The van der Waals surface area contributed by atoms with Crippen molar-refractivity contribution in [2.45, 2.75) is 57.5 Å². The van der Waals surface area contributed by atoms with Crippen LogP contribution >= 0.6 is 0 Å². The van der Waals surface area contributed by atoms with Crippen LogP contribution in [0.4, 0.5) is 0 Å². The van der Waals surface area contributed by atoms with E-state index in [1.54, 1.807) is 4.90 Å². The molecule has 0 spiro atoms. The quantitative estimate of drug-likeness (QED) is 0.667. The van der Waals surface area contributed by atoms with Gasteiger partial charge >= 0.3 is 0 Å². The zero-order chi connectivity index (χ0) is 25.1. The SMILES string of the molecule is C[C@H]1CN(C[C@H](O)CN2CCCc3ccccc3C2)C(=O)c2ccc(OC3CCN(C)CC3)cc2O1. The number of aliphatic hydroxyl groups excluding tert-OH is 1. The van der Waals surface area contributed by atoms with Gasteiger partial charge in [-0.1, -0.05) is 24.3 Å². The van der Waals surface area contributed by atoms with Crippen LogP contribution in [0.1, 0.15) is 47.7 Å². The summed E-state index contributed by atoms with van der Waals surface area (Å²) in [4.78, 5) is 19.8. The number of nitrogens with zero attached hydrogens (tertiary/aromatic N) is 3. The number of hydrogen-bond acceptors (Lipinski definition) is 6. The van der Waals surface area contributed by atoms with E-state index in [2.05, 4.69) is 41.1 Å². The van der Waals surface area contributed by atoms with Crippen molar-refractivity contribution >= 4 is 5.91 Å².